The van der Waals surface area contributed by atoms with E-state index in [2.05, 4.69) is 51.6 Å². The lowest BCUT2D eigenvalue weighted by molar-refractivity contribution is -0.144. The topological polar surface area (TPSA) is 120 Å². The summed E-state index contributed by atoms with van der Waals surface area (Å²) in [5, 5.41) is 2.45. The summed E-state index contributed by atoms with van der Waals surface area (Å²) in [6.07, 6.45) is -0.811. The molecule has 0 spiro atoms. The van der Waals surface area contributed by atoms with E-state index in [0.717, 1.165) is 17.4 Å². The fourth-order valence-corrected chi connectivity index (χ4v) is 2.73. The Hall–Kier alpha value is -3.56. The van der Waals surface area contributed by atoms with Crippen molar-refractivity contribution in [2.24, 2.45) is 11.8 Å². The number of amides is 2. The normalized spacial score (nSPS) is 12.3. The minimum Gasteiger partial charge on any atom is -0.466 e. The van der Waals surface area contributed by atoms with E-state index in [9.17, 15) is 19.2 Å². The molecule has 1 saturated heterocycles. The highest BCUT2D eigenvalue weighted by atomic mass is 16.6. The lowest BCUT2D eigenvalue weighted by Crippen LogP contribution is -2.39. The van der Waals surface area contributed by atoms with E-state index in [1.54, 1.807) is 0 Å². The van der Waals surface area contributed by atoms with Gasteiger partial charge in [0.05, 0.1) is 14.2 Å². The molecule has 1 heterocycles. The predicted molar refractivity (Wildman–Crippen MR) is 144 cm³/mol. The van der Waals surface area contributed by atoms with Gasteiger partial charge in [0.15, 0.2) is 6.61 Å². The van der Waals surface area contributed by atoms with Gasteiger partial charge in [0.2, 0.25) is 0 Å². The van der Waals surface area contributed by atoms with Crippen LogP contribution < -0.4 is 5.32 Å². The summed E-state index contributed by atoms with van der Waals surface area (Å²) < 4.78 is 19.2. The molecule has 1 aromatic carbocycles. The Labute approximate surface area is 226 Å². The van der Waals surface area contributed by atoms with Crippen LogP contribution in [0.25, 0.3) is 0 Å². The van der Waals surface area contributed by atoms with Crippen LogP contribution in [-0.2, 0) is 35.1 Å². The lowest BCUT2D eigenvalue weighted by atomic mass is 10.0. The second-order valence-electron chi connectivity index (χ2n) is 9.74. The molecule has 0 bridgehead atoms. The van der Waals surface area contributed by atoms with E-state index in [1.807, 2.05) is 30.3 Å². The van der Waals surface area contributed by atoms with E-state index in [-0.39, 0.29) is 25.4 Å². The Kier molecular flexibility index (Phi) is 17.7. The first kappa shape index (κ1) is 34.4. The zero-order valence-electron chi connectivity index (χ0n) is 24.0. The smallest absolute Gasteiger partial charge is 0.412 e. The van der Waals surface area contributed by atoms with Crippen molar-refractivity contribution in [3.63, 3.8) is 0 Å². The van der Waals surface area contributed by atoms with Crippen LogP contribution in [0.2, 0.25) is 0 Å². The zero-order valence-corrected chi connectivity index (χ0v) is 24.0. The first-order chi connectivity index (χ1) is 17.9. The van der Waals surface area contributed by atoms with Gasteiger partial charge in [-0.15, -0.1) is 0 Å². The first-order valence-electron chi connectivity index (χ1n) is 12.7. The molecule has 1 N–H and O–H groups in total. The molecule has 0 aromatic heterocycles. The van der Waals surface area contributed by atoms with Gasteiger partial charge < -0.3 is 23.8 Å². The average molecular weight is 537 g/mol. The monoisotopic (exact) mass is 536 g/mol. The number of carbonyl (C=O) groups excluding carboxylic acids is 4. The number of methoxy groups -OCH3 is 2. The number of rotatable bonds is 6. The number of hydrogen-bond donors (Lipinski definition) is 1. The number of hydrogen-bond acceptors (Lipinski definition) is 8. The van der Waals surface area contributed by atoms with Gasteiger partial charge in [-0.3, -0.25) is 5.32 Å². The van der Waals surface area contributed by atoms with Crippen LogP contribution in [0.1, 0.15) is 59.9 Å². The third-order valence-corrected chi connectivity index (χ3v) is 4.35. The number of benzene rings is 1. The number of nitrogens with one attached hydrogen (secondary N) is 1. The molecular formula is C28H44N2O8. The number of ether oxygens (including phenoxy) is 4. The molecule has 10 heteroatoms. The van der Waals surface area contributed by atoms with E-state index < -0.39 is 30.7 Å². The highest BCUT2D eigenvalue weighted by molar-refractivity contribution is 5.93. The number of carbonyl (C=O) groups is 4. The van der Waals surface area contributed by atoms with Crippen LogP contribution in [-0.4, -0.2) is 62.9 Å². The van der Waals surface area contributed by atoms with Crippen molar-refractivity contribution >= 4 is 24.1 Å². The third-order valence-electron chi connectivity index (χ3n) is 4.35. The fourth-order valence-electron chi connectivity index (χ4n) is 2.73. The minimum absolute atomic E-state index is 0.00172. The van der Waals surface area contributed by atoms with Crippen LogP contribution in [0.15, 0.2) is 41.6 Å². The second-order valence-corrected chi connectivity index (χ2v) is 9.74. The number of esters is 2. The molecular weight excluding hydrogens is 492 g/mol. The molecule has 2 rings (SSSR count). The van der Waals surface area contributed by atoms with E-state index in [0.29, 0.717) is 18.4 Å². The maximum absolute atomic E-state index is 12.1. The average Bonchev–Trinajstić information content (AvgIpc) is 2.88. The summed E-state index contributed by atoms with van der Waals surface area (Å²) in [6, 6.07) is 9.11. The molecule has 0 saturated carbocycles. The van der Waals surface area contributed by atoms with Gasteiger partial charge in [-0.2, -0.15) is 0 Å². The SMILES string of the molecule is CC(C)C.CC(C)C.COC(=O)COC(=O)N1CCC(=C(NC(=O)OCc2ccccc2)C(=O)OC)CC1. The molecule has 0 unspecified atom stereocenters. The second kappa shape index (κ2) is 19.5. The van der Waals surface area contributed by atoms with Crippen molar-refractivity contribution < 1.29 is 38.1 Å². The molecule has 214 valence electrons. The van der Waals surface area contributed by atoms with E-state index in [4.69, 9.17) is 14.2 Å². The summed E-state index contributed by atoms with van der Waals surface area (Å²) in [6.45, 7) is 13.1. The molecule has 0 atom stereocenters. The summed E-state index contributed by atoms with van der Waals surface area (Å²) in [4.78, 5) is 48.7. The molecule has 10 nitrogen and oxygen atoms in total. The van der Waals surface area contributed by atoms with E-state index >= 15 is 0 Å². The van der Waals surface area contributed by atoms with Crippen molar-refractivity contribution in [2.45, 2.75) is 61.0 Å². The molecule has 38 heavy (non-hydrogen) atoms. The van der Waals surface area contributed by atoms with Crippen molar-refractivity contribution in [1.82, 2.24) is 10.2 Å². The van der Waals surface area contributed by atoms with Gasteiger partial charge in [-0.25, -0.2) is 19.2 Å². The highest BCUT2D eigenvalue weighted by Gasteiger charge is 2.26. The largest absolute Gasteiger partial charge is 0.466 e. The predicted octanol–water partition coefficient (Wildman–Crippen LogP) is 5.07. The number of likely N-dealkylation sites (tertiary alicyclic amines) is 1. The van der Waals surface area contributed by atoms with Crippen LogP contribution in [0.3, 0.4) is 0 Å². The Balaban J connectivity index is 0.00000150. The molecule has 0 aliphatic carbocycles. The maximum Gasteiger partial charge on any atom is 0.412 e. The Morgan fingerprint density at radius 2 is 1.37 bits per heavy atom. The Morgan fingerprint density at radius 1 is 0.842 bits per heavy atom. The number of piperidine rings is 1. The molecule has 1 fully saturated rings. The zero-order chi connectivity index (χ0) is 29.1. The van der Waals surface area contributed by atoms with Crippen LogP contribution in [0.5, 0.6) is 0 Å². The number of nitrogens with zero attached hydrogens (tertiary/aromatic N) is 1. The Morgan fingerprint density at radius 3 is 1.84 bits per heavy atom. The van der Waals surface area contributed by atoms with Gasteiger partial charge in [0, 0.05) is 13.1 Å². The highest BCUT2D eigenvalue weighted by Crippen LogP contribution is 2.20. The van der Waals surface area contributed by atoms with Gasteiger partial charge in [0.1, 0.15) is 12.3 Å². The van der Waals surface area contributed by atoms with Crippen molar-refractivity contribution in [1.29, 1.82) is 0 Å². The summed E-state index contributed by atoms with van der Waals surface area (Å²) >= 11 is 0. The molecule has 1 aromatic rings. The number of alkyl carbamates (subject to hydrolysis) is 1. The van der Waals surface area contributed by atoms with Gasteiger partial charge in [-0.1, -0.05) is 71.9 Å². The quantitative estimate of drug-likeness (QED) is 0.304. The standard InChI is InChI=1S/C20H24N2O8.2C4H10/c1-27-16(23)13-30-20(26)22-10-8-15(9-11-22)17(18(24)28-2)21-19(25)29-12-14-6-4-3-5-7-14;2*1-4(2)3/h3-7H,8-13H2,1-2H3,(H,21,25);2*4H,1-3H3. The van der Waals surface area contributed by atoms with E-state index in [1.165, 1.54) is 19.1 Å². The van der Waals surface area contributed by atoms with Crippen LogP contribution >= 0.6 is 0 Å². The Bertz CT molecular complexity index is 876. The molecule has 1 aliphatic heterocycles. The van der Waals surface area contributed by atoms with Crippen molar-refractivity contribution in [2.75, 3.05) is 33.9 Å². The maximum atomic E-state index is 12.1. The lowest BCUT2D eigenvalue weighted by Gasteiger charge is -2.28. The van der Waals surface area contributed by atoms with Gasteiger partial charge in [-0.05, 0) is 35.8 Å². The van der Waals surface area contributed by atoms with Crippen LogP contribution in [0.4, 0.5) is 9.59 Å². The van der Waals surface area contributed by atoms with Gasteiger partial charge >= 0.3 is 24.1 Å². The third kappa shape index (κ3) is 16.2. The summed E-state index contributed by atoms with van der Waals surface area (Å²) in [5.41, 5.74) is 1.42. The van der Waals surface area contributed by atoms with Crippen LogP contribution in [0, 0.1) is 11.8 Å². The summed E-state index contributed by atoms with van der Waals surface area (Å²) in [7, 11) is 2.40. The first-order valence-corrected chi connectivity index (χ1v) is 12.7. The van der Waals surface area contributed by atoms with Gasteiger partial charge in [0.25, 0.3) is 0 Å². The summed E-state index contributed by atoms with van der Waals surface area (Å²) in [5.74, 6) is 0.301. The molecule has 0 radical (unpaired) electrons. The molecule has 2 amide bonds. The molecule has 1 aliphatic rings. The van der Waals surface area contributed by atoms with Crippen molar-refractivity contribution in [3.8, 4) is 0 Å². The van der Waals surface area contributed by atoms with Crippen molar-refractivity contribution in [3.05, 3.63) is 47.2 Å². The fraction of sp³-hybridized carbons (Fsp3) is 0.571. The minimum atomic E-state index is -0.785.